The van der Waals surface area contributed by atoms with Gasteiger partial charge in [-0.05, 0) is 31.4 Å². The lowest BCUT2D eigenvalue weighted by molar-refractivity contribution is 0.269. The molecule has 1 unspecified atom stereocenters. The second-order valence-corrected chi connectivity index (χ2v) is 5.68. The molecule has 0 aliphatic carbocycles. The molecule has 0 amide bonds. The molecule has 2 aromatic rings. The smallest absolute Gasteiger partial charge is 0.202 e. The summed E-state index contributed by atoms with van der Waals surface area (Å²) in [5, 5.41) is 0. The van der Waals surface area contributed by atoms with Gasteiger partial charge in [-0.3, -0.25) is 4.57 Å². The molecule has 0 saturated heterocycles. The highest BCUT2D eigenvalue weighted by Crippen LogP contribution is 2.34. The Hall–Kier alpha value is -1.58. The van der Waals surface area contributed by atoms with E-state index in [-0.39, 0.29) is 11.5 Å². The first-order valence-corrected chi connectivity index (χ1v) is 5.92. The summed E-state index contributed by atoms with van der Waals surface area (Å²) in [6.45, 7) is 10.7. The molecular weight excluding hydrogens is 212 g/mol. The van der Waals surface area contributed by atoms with Gasteiger partial charge in [0.25, 0.3) is 0 Å². The van der Waals surface area contributed by atoms with Crippen molar-refractivity contribution in [2.24, 2.45) is 5.41 Å². The number of rotatable bonds is 1. The molecule has 0 aromatic carbocycles. The zero-order chi connectivity index (χ0) is 12.8. The lowest BCUT2D eigenvalue weighted by Crippen LogP contribution is -2.23. The van der Waals surface area contributed by atoms with Crippen LogP contribution in [0, 0.1) is 12.3 Å². The van der Waals surface area contributed by atoms with Crippen molar-refractivity contribution in [3.63, 3.8) is 0 Å². The number of hydrogen-bond acceptors (Lipinski definition) is 3. The maximum atomic E-state index is 6.01. The van der Waals surface area contributed by atoms with Gasteiger partial charge < -0.3 is 5.73 Å². The second-order valence-electron chi connectivity index (χ2n) is 5.68. The number of hydrogen-bond donors (Lipinski definition) is 1. The van der Waals surface area contributed by atoms with E-state index >= 15 is 0 Å². The van der Waals surface area contributed by atoms with Gasteiger partial charge in [0.15, 0.2) is 5.65 Å². The monoisotopic (exact) mass is 232 g/mol. The molecule has 0 aliphatic rings. The topological polar surface area (TPSA) is 56.7 Å². The summed E-state index contributed by atoms with van der Waals surface area (Å²) in [5.41, 5.74) is 8.86. The van der Waals surface area contributed by atoms with Crippen molar-refractivity contribution < 1.29 is 0 Å². The van der Waals surface area contributed by atoms with Crippen molar-refractivity contribution in [2.75, 3.05) is 5.73 Å². The molecular formula is C13H20N4. The fourth-order valence-corrected chi connectivity index (χ4v) is 1.86. The molecule has 0 spiro atoms. The average Bonchev–Trinajstić information content (AvgIpc) is 2.51. The van der Waals surface area contributed by atoms with E-state index in [0.29, 0.717) is 5.95 Å². The van der Waals surface area contributed by atoms with E-state index < -0.39 is 0 Å². The number of nitrogen functional groups attached to an aromatic ring is 1. The van der Waals surface area contributed by atoms with Crippen LogP contribution in [0.3, 0.4) is 0 Å². The highest BCUT2D eigenvalue weighted by atomic mass is 15.2. The predicted molar refractivity (Wildman–Crippen MR) is 70.8 cm³/mol. The van der Waals surface area contributed by atoms with E-state index in [1.54, 1.807) is 0 Å². The summed E-state index contributed by atoms with van der Waals surface area (Å²) >= 11 is 0. The molecule has 0 bridgehead atoms. The van der Waals surface area contributed by atoms with Gasteiger partial charge in [-0.25, -0.2) is 9.97 Å². The van der Waals surface area contributed by atoms with Crippen molar-refractivity contribution in [1.82, 2.24) is 14.5 Å². The van der Waals surface area contributed by atoms with Gasteiger partial charge in [-0.2, -0.15) is 0 Å². The number of nitrogens with zero attached hydrogens (tertiary/aromatic N) is 3. The van der Waals surface area contributed by atoms with E-state index in [4.69, 9.17) is 5.73 Å². The summed E-state index contributed by atoms with van der Waals surface area (Å²) in [4.78, 5) is 8.92. The number of fused-ring (bicyclic) bond motifs is 1. The Balaban J connectivity index is 2.68. The molecule has 92 valence electrons. The molecule has 4 nitrogen and oxygen atoms in total. The van der Waals surface area contributed by atoms with Crippen LogP contribution in [0.1, 0.15) is 39.4 Å². The zero-order valence-electron chi connectivity index (χ0n) is 11.2. The highest BCUT2D eigenvalue weighted by molar-refractivity contribution is 5.74. The van der Waals surface area contributed by atoms with E-state index in [9.17, 15) is 0 Å². The van der Waals surface area contributed by atoms with Gasteiger partial charge in [0.05, 0.1) is 0 Å². The van der Waals surface area contributed by atoms with Crippen LogP contribution in [0.4, 0.5) is 5.95 Å². The Labute approximate surface area is 102 Å². The quantitative estimate of drug-likeness (QED) is 0.822. The summed E-state index contributed by atoms with van der Waals surface area (Å²) in [7, 11) is 0. The van der Waals surface area contributed by atoms with Crippen LogP contribution in [-0.4, -0.2) is 14.5 Å². The zero-order valence-corrected chi connectivity index (χ0v) is 11.2. The van der Waals surface area contributed by atoms with Gasteiger partial charge in [0.2, 0.25) is 5.95 Å². The SMILES string of the molecule is Cc1ccc2nc(N)n(C(C)C(C)(C)C)c2n1. The van der Waals surface area contributed by atoms with Crippen LogP contribution in [0.15, 0.2) is 12.1 Å². The van der Waals surface area contributed by atoms with Crippen LogP contribution in [0.2, 0.25) is 0 Å². The molecule has 2 N–H and O–H groups in total. The minimum Gasteiger partial charge on any atom is -0.369 e. The lowest BCUT2D eigenvalue weighted by atomic mass is 9.88. The van der Waals surface area contributed by atoms with Gasteiger partial charge in [-0.15, -0.1) is 0 Å². The summed E-state index contributed by atoms with van der Waals surface area (Å²) in [5.74, 6) is 0.542. The Bertz CT molecular complexity index is 548. The maximum absolute atomic E-state index is 6.01. The van der Waals surface area contributed by atoms with Crippen LogP contribution in [-0.2, 0) is 0 Å². The lowest BCUT2D eigenvalue weighted by Gasteiger charge is -2.29. The summed E-state index contributed by atoms with van der Waals surface area (Å²) in [6.07, 6.45) is 0. The number of imidazole rings is 1. The first-order valence-electron chi connectivity index (χ1n) is 5.92. The van der Waals surface area contributed by atoms with Crippen molar-refractivity contribution in [3.8, 4) is 0 Å². The minimum absolute atomic E-state index is 0.118. The molecule has 2 heterocycles. The number of aromatic nitrogens is 3. The fraction of sp³-hybridized carbons (Fsp3) is 0.538. The van der Waals surface area contributed by atoms with Crippen molar-refractivity contribution in [1.29, 1.82) is 0 Å². The molecule has 0 aliphatic heterocycles. The third-order valence-corrected chi connectivity index (χ3v) is 3.34. The third-order valence-electron chi connectivity index (χ3n) is 3.34. The normalized spacial score (nSPS) is 14.2. The largest absolute Gasteiger partial charge is 0.369 e. The van der Waals surface area contributed by atoms with Crippen LogP contribution in [0.5, 0.6) is 0 Å². The molecule has 1 atom stereocenters. The second kappa shape index (κ2) is 3.72. The Morgan fingerprint density at radius 2 is 1.88 bits per heavy atom. The van der Waals surface area contributed by atoms with Gasteiger partial charge in [-0.1, -0.05) is 20.8 Å². The molecule has 0 radical (unpaired) electrons. The predicted octanol–water partition coefficient (Wildman–Crippen LogP) is 2.93. The molecule has 17 heavy (non-hydrogen) atoms. The van der Waals surface area contributed by atoms with Crippen molar-refractivity contribution in [2.45, 2.75) is 40.7 Å². The van der Waals surface area contributed by atoms with Crippen LogP contribution >= 0.6 is 0 Å². The van der Waals surface area contributed by atoms with Gasteiger partial charge >= 0.3 is 0 Å². The van der Waals surface area contributed by atoms with Crippen molar-refractivity contribution >= 4 is 17.1 Å². The Morgan fingerprint density at radius 1 is 1.24 bits per heavy atom. The molecule has 4 heteroatoms. The van der Waals surface area contributed by atoms with E-state index in [2.05, 4.69) is 37.7 Å². The number of anilines is 1. The standard InChI is InChI=1S/C13H20N4/c1-8-6-7-10-11(15-8)17(12(14)16-10)9(2)13(3,4)5/h6-7,9H,1-5H3,(H2,14,16). The first-order chi connectivity index (χ1) is 7.80. The number of pyridine rings is 1. The Morgan fingerprint density at radius 3 is 2.47 bits per heavy atom. The van der Waals surface area contributed by atoms with E-state index in [0.717, 1.165) is 16.9 Å². The third kappa shape index (κ3) is 1.99. The van der Waals surface area contributed by atoms with Crippen LogP contribution < -0.4 is 5.73 Å². The first kappa shape index (κ1) is 11.9. The van der Waals surface area contributed by atoms with E-state index in [1.165, 1.54) is 0 Å². The summed E-state index contributed by atoms with van der Waals surface area (Å²) in [6, 6.07) is 4.18. The van der Waals surface area contributed by atoms with Crippen molar-refractivity contribution in [3.05, 3.63) is 17.8 Å². The minimum atomic E-state index is 0.118. The molecule has 2 aromatic heterocycles. The average molecular weight is 232 g/mol. The van der Waals surface area contributed by atoms with Gasteiger partial charge in [0.1, 0.15) is 5.52 Å². The number of aryl methyl sites for hydroxylation is 1. The van der Waals surface area contributed by atoms with Gasteiger partial charge in [0, 0.05) is 11.7 Å². The highest BCUT2D eigenvalue weighted by Gasteiger charge is 2.25. The molecule has 0 saturated carbocycles. The molecule has 2 rings (SSSR count). The maximum Gasteiger partial charge on any atom is 0.202 e. The molecule has 0 fully saturated rings. The fourth-order valence-electron chi connectivity index (χ4n) is 1.86. The Kier molecular flexibility index (Phi) is 2.60. The van der Waals surface area contributed by atoms with E-state index in [1.807, 2.05) is 23.6 Å². The number of nitrogens with two attached hydrogens (primary N) is 1. The van der Waals surface area contributed by atoms with Crippen LogP contribution in [0.25, 0.3) is 11.2 Å². The summed E-state index contributed by atoms with van der Waals surface area (Å²) < 4.78 is 2.03.